The van der Waals surface area contributed by atoms with Crippen LogP contribution in [-0.4, -0.2) is 40.3 Å². The summed E-state index contributed by atoms with van der Waals surface area (Å²) in [6.45, 7) is 1.07. The van der Waals surface area contributed by atoms with E-state index in [1.54, 1.807) is 0 Å². The molecule has 1 aromatic rings. The second-order valence-corrected chi connectivity index (χ2v) is 11.5. The van der Waals surface area contributed by atoms with Crippen LogP contribution < -0.4 is 4.72 Å². The van der Waals surface area contributed by atoms with Gasteiger partial charge >= 0.3 is 0 Å². The van der Waals surface area contributed by atoms with Gasteiger partial charge in [-0.05, 0) is 68.2 Å². The van der Waals surface area contributed by atoms with Crippen LogP contribution in [0, 0.1) is 11.8 Å². The first-order valence-corrected chi connectivity index (χ1v) is 12.4. The lowest BCUT2D eigenvalue weighted by Crippen LogP contribution is -2.38. The number of rotatable bonds is 5. The van der Waals surface area contributed by atoms with Crippen LogP contribution in [0.5, 0.6) is 0 Å². The van der Waals surface area contributed by atoms with Crippen LogP contribution in [0.25, 0.3) is 0 Å². The third-order valence-corrected chi connectivity index (χ3v) is 9.55. The third kappa shape index (κ3) is 3.44. The molecule has 0 spiro atoms. The molecule has 1 aromatic carbocycles. The molecule has 0 amide bonds. The molecule has 0 radical (unpaired) electrons. The molecule has 3 aliphatic rings. The number of hydrogen-bond acceptors (Lipinski definition) is 4. The summed E-state index contributed by atoms with van der Waals surface area (Å²) >= 11 is 0. The third-order valence-electron chi connectivity index (χ3n) is 6.13. The van der Waals surface area contributed by atoms with E-state index in [1.807, 2.05) is 0 Å². The zero-order chi connectivity index (χ0) is 18.4. The lowest BCUT2D eigenvalue weighted by atomic mass is 9.96. The molecule has 2 bridgehead atoms. The normalized spacial score (nSPS) is 29.9. The maximum atomic E-state index is 12.7. The molecule has 1 saturated heterocycles. The van der Waals surface area contributed by atoms with Crippen LogP contribution in [0.2, 0.25) is 0 Å². The fourth-order valence-corrected chi connectivity index (χ4v) is 7.54. The minimum atomic E-state index is -3.61. The van der Waals surface area contributed by atoms with Crippen molar-refractivity contribution < 1.29 is 16.8 Å². The molecule has 3 atom stereocenters. The van der Waals surface area contributed by atoms with Crippen molar-refractivity contribution in [1.82, 2.24) is 9.03 Å². The van der Waals surface area contributed by atoms with Gasteiger partial charge < -0.3 is 0 Å². The molecule has 0 aromatic heterocycles. The highest BCUT2D eigenvalue weighted by molar-refractivity contribution is 7.89. The topological polar surface area (TPSA) is 83.5 Å². The summed E-state index contributed by atoms with van der Waals surface area (Å²) in [4.78, 5) is 0.302. The predicted octanol–water partition coefficient (Wildman–Crippen LogP) is 2.33. The van der Waals surface area contributed by atoms with Crippen LogP contribution in [0.4, 0.5) is 0 Å². The van der Waals surface area contributed by atoms with Gasteiger partial charge in [-0.15, -0.1) is 0 Å². The smallest absolute Gasteiger partial charge is 0.208 e. The molecule has 2 aliphatic carbocycles. The number of nitrogens with one attached hydrogen (secondary N) is 1. The van der Waals surface area contributed by atoms with Crippen molar-refractivity contribution in [2.24, 2.45) is 11.8 Å². The molecular weight excluding hydrogens is 372 g/mol. The van der Waals surface area contributed by atoms with E-state index < -0.39 is 20.0 Å². The van der Waals surface area contributed by atoms with Gasteiger partial charge in [0.15, 0.2) is 0 Å². The van der Waals surface area contributed by atoms with Crippen molar-refractivity contribution in [2.75, 3.05) is 13.1 Å². The van der Waals surface area contributed by atoms with E-state index in [9.17, 15) is 16.8 Å². The van der Waals surface area contributed by atoms with E-state index in [2.05, 4.69) is 4.72 Å². The zero-order valence-electron chi connectivity index (χ0n) is 14.8. The molecule has 2 saturated carbocycles. The largest absolute Gasteiger partial charge is 0.243 e. The van der Waals surface area contributed by atoms with E-state index >= 15 is 0 Å². The average molecular weight is 399 g/mol. The van der Waals surface area contributed by atoms with Crippen molar-refractivity contribution in [2.45, 2.75) is 60.8 Å². The van der Waals surface area contributed by atoms with Gasteiger partial charge in [-0.25, -0.2) is 21.6 Å². The summed E-state index contributed by atoms with van der Waals surface area (Å²) in [5.41, 5.74) is 0. The molecule has 144 valence electrons. The van der Waals surface area contributed by atoms with Crippen molar-refractivity contribution in [1.29, 1.82) is 0 Å². The van der Waals surface area contributed by atoms with Gasteiger partial charge in [0.1, 0.15) is 0 Å². The van der Waals surface area contributed by atoms with Crippen molar-refractivity contribution in [3.05, 3.63) is 24.3 Å². The van der Waals surface area contributed by atoms with Gasteiger partial charge in [-0.1, -0.05) is 12.8 Å². The number of hydrogen-bond donors (Lipinski definition) is 1. The van der Waals surface area contributed by atoms with Gasteiger partial charge in [-0.2, -0.15) is 4.31 Å². The van der Waals surface area contributed by atoms with Crippen LogP contribution >= 0.6 is 0 Å². The molecule has 8 heteroatoms. The Labute approximate surface area is 156 Å². The number of fused-ring (bicyclic) bond motifs is 2. The Balaban J connectivity index is 1.50. The van der Waals surface area contributed by atoms with Gasteiger partial charge in [0, 0.05) is 19.1 Å². The summed E-state index contributed by atoms with van der Waals surface area (Å²) in [5, 5.41) is 0. The fraction of sp³-hybridized carbons (Fsp3) is 0.667. The maximum absolute atomic E-state index is 12.7. The summed E-state index contributed by atoms with van der Waals surface area (Å²) in [5.74, 6) is 1.11. The highest BCUT2D eigenvalue weighted by atomic mass is 32.2. The van der Waals surface area contributed by atoms with E-state index in [1.165, 1.54) is 35.0 Å². The van der Waals surface area contributed by atoms with Crippen LogP contribution in [0.15, 0.2) is 34.1 Å². The standard InChI is InChI=1S/C18H26N2O4S2/c21-25(22,19-18-13-14-4-5-15(18)12-14)16-6-8-17(9-7-16)26(23,24)20-10-2-1-3-11-20/h6-9,14-15,18-19H,1-5,10-13H2. The Morgan fingerprint density at radius 3 is 2.08 bits per heavy atom. The van der Waals surface area contributed by atoms with Crippen LogP contribution in [-0.2, 0) is 20.0 Å². The van der Waals surface area contributed by atoms with Gasteiger partial charge in [0.2, 0.25) is 20.0 Å². The Kier molecular flexibility index (Phi) is 4.88. The molecule has 1 aliphatic heterocycles. The second kappa shape index (κ2) is 6.89. The highest BCUT2D eigenvalue weighted by Crippen LogP contribution is 2.44. The molecule has 1 heterocycles. The fourth-order valence-electron chi connectivity index (χ4n) is 4.70. The lowest BCUT2D eigenvalue weighted by Gasteiger charge is -2.26. The van der Waals surface area contributed by atoms with Crippen molar-refractivity contribution >= 4 is 20.0 Å². The lowest BCUT2D eigenvalue weighted by molar-refractivity contribution is 0.346. The number of sulfonamides is 2. The van der Waals surface area contributed by atoms with E-state index in [0.717, 1.165) is 38.5 Å². The van der Waals surface area contributed by atoms with E-state index in [0.29, 0.717) is 24.9 Å². The van der Waals surface area contributed by atoms with Crippen molar-refractivity contribution in [3.63, 3.8) is 0 Å². The SMILES string of the molecule is O=S(=O)(NC1CC2CCC1C2)c1ccc(S(=O)(=O)N2CCCCC2)cc1. The number of nitrogens with zero attached hydrogens (tertiary/aromatic N) is 1. The molecule has 6 nitrogen and oxygen atoms in total. The zero-order valence-corrected chi connectivity index (χ0v) is 16.4. The van der Waals surface area contributed by atoms with Gasteiger partial charge in [-0.3, -0.25) is 0 Å². The summed E-state index contributed by atoms with van der Waals surface area (Å²) in [7, 11) is -7.15. The predicted molar refractivity (Wildman–Crippen MR) is 98.6 cm³/mol. The highest BCUT2D eigenvalue weighted by Gasteiger charge is 2.41. The van der Waals surface area contributed by atoms with Crippen LogP contribution in [0.3, 0.4) is 0 Å². The summed E-state index contributed by atoms with van der Waals surface area (Å²) in [6, 6.07) is 5.67. The first-order valence-electron chi connectivity index (χ1n) is 9.49. The summed E-state index contributed by atoms with van der Waals surface area (Å²) < 4.78 is 55.0. The Morgan fingerprint density at radius 2 is 1.50 bits per heavy atom. The molecular formula is C18H26N2O4S2. The van der Waals surface area contributed by atoms with Gasteiger partial charge in [0.05, 0.1) is 9.79 Å². The van der Waals surface area contributed by atoms with Crippen LogP contribution in [0.1, 0.15) is 44.9 Å². The monoisotopic (exact) mass is 398 g/mol. The molecule has 1 N–H and O–H groups in total. The van der Waals surface area contributed by atoms with Gasteiger partial charge in [0.25, 0.3) is 0 Å². The summed E-state index contributed by atoms with van der Waals surface area (Å²) in [6.07, 6.45) is 7.17. The number of benzene rings is 1. The quantitative estimate of drug-likeness (QED) is 0.825. The number of piperidine rings is 1. The first kappa shape index (κ1) is 18.4. The first-order chi connectivity index (χ1) is 12.4. The molecule has 4 rings (SSSR count). The Hall–Kier alpha value is -0.960. The average Bonchev–Trinajstić information content (AvgIpc) is 3.25. The Morgan fingerprint density at radius 1 is 0.846 bits per heavy atom. The minimum Gasteiger partial charge on any atom is -0.208 e. The Bertz CT molecular complexity index is 859. The molecule has 3 fully saturated rings. The molecule has 3 unspecified atom stereocenters. The van der Waals surface area contributed by atoms with Crippen molar-refractivity contribution in [3.8, 4) is 0 Å². The van der Waals surface area contributed by atoms with E-state index in [-0.39, 0.29) is 15.8 Å². The second-order valence-electron chi connectivity index (χ2n) is 7.84. The molecule has 26 heavy (non-hydrogen) atoms. The van der Waals surface area contributed by atoms with E-state index in [4.69, 9.17) is 0 Å². The maximum Gasteiger partial charge on any atom is 0.243 e. The minimum absolute atomic E-state index is 0.0236.